The molecule has 8 heteroatoms. The third-order valence-electron chi connectivity index (χ3n) is 3.79. The van der Waals surface area contributed by atoms with Gasteiger partial charge in [0.05, 0.1) is 5.92 Å². The smallest absolute Gasteiger partial charge is 0.242 e. The van der Waals surface area contributed by atoms with Gasteiger partial charge in [-0.3, -0.25) is 0 Å². The van der Waals surface area contributed by atoms with E-state index < -0.39 is 0 Å². The summed E-state index contributed by atoms with van der Waals surface area (Å²) in [6.45, 7) is 3.66. The van der Waals surface area contributed by atoms with Crippen molar-refractivity contribution in [1.82, 2.24) is 30.3 Å². The highest BCUT2D eigenvalue weighted by molar-refractivity contribution is 5.59. The maximum Gasteiger partial charge on any atom is 0.242 e. The van der Waals surface area contributed by atoms with Crippen LogP contribution in [0, 0.1) is 6.92 Å². The fourth-order valence-corrected chi connectivity index (χ4v) is 2.45. The molecule has 1 aromatic carbocycles. The van der Waals surface area contributed by atoms with Crippen molar-refractivity contribution in [3.05, 3.63) is 41.9 Å². The largest absolute Gasteiger partial charge is 0.508 e. The topological polar surface area (TPSA) is 102 Å². The fraction of sp³-hybridized carbons (Fsp3) is 0.250. The molecule has 1 saturated heterocycles. The number of benzene rings is 1. The van der Waals surface area contributed by atoms with Crippen LogP contribution in [0.25, 0.3) is 23.7 Å². The Labute approximate surface area is 137 Å². The number of aryl methyl sites for hydroxylation is 1. The number of phenolic OH excluding ortho intramolecular Hbond substituents is 1. The molecule has 1 aliphatic heterocycles. The molecule has 0 spiro atoms. The van der Waals surface area contributed by atoms with Gasteiger partial charge in [-0.05, 0) is 30.7 Å². The van der Waals surface area contributed by atoms with Gasteiger partial charge in [0.25, 0.3) is 0 Å². The summed E-state index contributed by atoms with van der Waals surface area (Å²) in [5.41, 5.74) is 1.71. The molecule has 8 nitrogen and oxygen atoms in total. The zero-order valence-corrected chi connectivity index (χ0v) is 13.0. The van der Waals surface area contributed by atoms with Crippen molar-refractivity contribution in [3.8, 4) is 17.1 Å². The first-order valence-corrected chi connectivity index (χ1v) is 7.62. The average Bonchev–Trinajstić information content (AvgIpc) is 3.11. The van der Waals surface area contributed by atoms with E-state index in [-0.39, 0.29) is 5.75 Å². The first-order valence-electron chi connectivity index (χ1n) is 7.62. The van der Waals surface area contributed by atoms with E-state index >= 15 is 0 Å². The van der Waals surface area contributed by atoms with Crippen LogP contribution in [0.3, 0.4) is 0 Å². The van der Waals surface area contributed by atoms with Gasteiger partial charge >= 0.3 is 0 Å². The van der Waals surface area contributed by atoms with Crippen LogP contribution in [0.2, 0.25) is 0 Å². The quantitative estimate of drug-likeness (QED) is 0.752. The highest BCUT2D eigenvalue weighted by Gasteiger charge is 2.24. The lowest BCUT2D eigenvalue weighted by molar-refractivity contribution is 0.355. The molecule has 0 bridgehead atoms. The van der Waals surface area contributed by atoms with E-state index in [9.17, 15) is 5.11 Å². The summed E-state index contributed by atoms with van der Waals surface area (Å²) in [5, 5.41) is 25.2. The normalized spacial score (nSPS) is 15.0. The molecule has 1 fully saturated rings. The van der Waals surface area contributed by atoms with Gasteiger partial charge in [-0.15, -0.1) is 15.3 Å². The highest BCUT2D eigenvalue weighted by atomic mass is 16.4. The minimum atomic E-state index is 0.195. The third kappa shape index (κ3) is 2.91. The SMILES string of the molecule is Cc1cc(O)cc(-c2ncn(/C=C\c3nnc(C4CNC4)o3)n2)c1. The van der Waals surface area contributed by atoms with Gasteiger partial charge in [-0.2, -0.15) is 0 Å². The lowest BCUT2D eigenvalue weighted by atomic mass is 10.0. The molecule has 0 radical (unpaired) electrons. The van der Waals surface area contributed by atoms with Gasteiger partial charge in [0.15, 0.2) is 5.82 Å². The maximum absolute atomic E-state index is 9.68. The summed E-state index contributed by atoms with van der Waals surface area (Å²) in [7, 11) is 0. The van der Waals surface area contributed by atoms with E-state index in [0.29, 0.717) is 23.5 Å². The Bertz CT molecular complexity index is 873. The number of aromatic nitrogens is 5. The van der Waals surface area contributed by atoms with Crippen LogP contribution in [0.5, 0.6) is 5.75 Å². The molecule has 0 atom stereocenters. The molecule has 2 aromatic heterocycles. The van der Waals surface area contributed by atoms with E-state index in [1.165, 1.54) is 0 Å². The molecule has 1 aliphatic rings. The van der Waals surface area contributed by atoms with Crippen LogP contribution in [0.4, 0.5) is 0 Å². The molecule has 0 saturated carbocycles. The van der Waals surface area contributed by atoms with Crippen molar-refractivity contribution in [3.63, 3.8) is 0 Å². The van der Waals surface area contributed by atoms with Crippen molar-refractivity contribution < 1.29 is 9.52 Å². The molecule has 3 aromatic rings. The minimum Gasteiger partial charge on any atom is -0.508 e. The fourth-order valence-electron chi connectivity index (χ4n) is 2.45. The second kappa shape index (κ2) is 5.89. The first-order chi connectivity index (χ1) is 11.7. The molecule has 4 rings (SSSR count). The standard InChI is InChI=1S/C16H16N6O2/c1-10-4-11(6-13(23)5-10)15-18-9-22(21-15)3-2-14-19-20-16(24-14)12-7-17-8-12/h2-6,9,12,17,23H,7-8H2,1H3/b3-2-. The van der Waals surface area contributed by atoms with Gasteiger partial charge in [0, 0.05) is 30.9 Å². The van der Waals surface area contributed by atoms with Gasteiger partial charge in [0.1, 0.15) is 12.1 Å². The van der Waals surface area contributed by atoms with Gasteiger partial charge in [-0.25, -0.2) is 9.67 Å². The zero-order chi connectivity index (χ0) is 16.5. The maximum atomic E-state index is 9.68. The molecular formula is C16H16N6O2. The minimum absolute atomic E-state index is 0.195. The lowest BCUT2D eigenvalue weighted by Crippen LogP contribution is -2.40. The Morgan fingerprint density at radius 2 is 2.17 bits per heavy atom. The van der Waals surface area contributed by atoms with Crippen LogP contribution in [-0.2, 0) is 0 Å². The van der Waals surface area contributed by atoms with Gasteiger partial charge in [0.2, 0.25) is 11.8 Å². The summed E-state index contributed by atoms with van der Waals surface area (Å²) in [5.74, 6) is 2.13. The number of hydrogen-bond acceptors (Lipinski definition) is 7. The van der Waals surface area contributed by atoms with Crippen molar-refractivity contribution in [2.75, 3.05) is 13.1 Å². The summed E-state index contributed by atoms with van der Waals surface area (Å²) in [6, 6.07) is 5.23. The van der Waals surface area contributed by atoms with E-state index in [2.05, 4.69) is 25.6 Å². The van der Waals surface area contributed by atoms with Crippen molar-refractivity contribution in [2.45, 2.75) is 12.8 Å². The van der Waals surface area contributed by atoms with Crippen LogP contribution in [0.15, 0.2) is 28.9 Å². The molecule has 0 aliphatic carbocycles. The van der Waals surface area contributed by atoms with Crippen molar-refractivity contribution >= 4 is 12.3 Å². The van der Waals surface area contributed by atoms with E-state index in [0.717, 1.165) is 24.2 Å². The summed E-state index contributed by atoms with van der Waals surface area (Å²) in [4.78, 5) is 4.25. The van der Waals surface area contributed by atoms with Gasteiger partial charge in [-0.1, -0.05) is 0 Å². The van der Waals surface area contributed by atoms with E-state index in [4.69, 9.17) is 4.42 Å². The number of rotatable bonds is 4. The molecule has 0 unspecified atom stereocenters. The zero-order valence-electron chi connectivity index (χ0n) is 13.0. The Balaban J connectivity index is 1.51. The lowest BCUT2D eigenvalue weighted by Gasteiger charge is -2.22. The Morgan fingerprint density at radius 3 is 2.92 bits per heavy atom. The Morgan fingerprint density at radius 1 is 1.29 bits per heavy atom. The first kappa shape index (κ1) is 14.6. The Kier molecular flexibility index (Phi) is 3.58. The highest BCUT2D eigenvalue weighted by Crippen LogP contribution is 2.22. The monoisotopic (exact) mass is 324 g/mol. The number of nitrogens with zero attached hydrogens (tertiary/aromatic N) is 5. The third-order valence-corrected chi connectivity index (χ3v) is 3.79. The molecule has 24 heavy (non-hydrogen) atoms. The molecule has 2 N–H and O–H groups in total. The van der Waals surface area contributed by atoms with Gasteiger partial charge < -0.3 is 14.8 Å². The average molecular weight is 324 g/mol. The van der Waals surface area contributed by atoms with E-state index in [1.54, 1.807) is 35.4 Å². The van der Waals surface area contributed by atoms with Crippen molar-refractivity contribution in [1.29, 1.82) is 0 Å². The van der Waals surface area contributed by atoms with Crippen LogP contribution >= 0.6 is 0 Å². The predicted octanol–water partition coefficient (Wildman–Crippen LogP) is 1.66. The molecule has 122 valence electrons. The number of nitrogens with one attached hydrogen (secondary N) is 1. The van der Waals surface area contributed by atoms with E-state index in [1.807, 2.05) is 13.0 Å². The molecular weight excluding hydrogens is 308 g/mol. The Hall–Kier alpha value is -3.00. The predicted molar refractivity (Wildman–Crippen MR) is 87.0 cm³/mol. The second-order valence-electron chi connectivity index (χ2n) is 5.75. The molecule has 0 amide bonds. The van der Waals surface area contributed by atoms with Crippen LogP contribution in [0.1, 0.15) is 23.3 Å². The number of aromatic hydroxyl groups is 1. The summed E-state index contributed by atoms with van der Waals surface area (Å²) >= 11 is 0. The number of hydrogen-bond donors (Lipinski definition) is 2. The number of phenols is 1. The van der Waals surface area contributed by atoms with Crippen LogP contribution in [-0.4, -0.2) is 43.2 Å². The van der Waals surface area contributed by atoms with Crippen LogP contribution < -0.4 is 5.32 Å². The summed E-state index contributed by atoms with van der Waals surface area (Å²) < 4.78 is 7.15. The molecule has 3 heterocycles. The second-order valence-corrected chi connectivity index (χ2v) is 5.75. The van der Waals surface area contributed by atoms with Crippen molar-refractivity contribution in [2.24, 2.45) is 0 Å². The summed E-state index contributed by atoms with van der Waals surface area (Å²) in [6.07, 6.45) is 4.97.